The molecule has 1 aliphatic heterocycles. The highest BCUT2D eigenvalue weighted by Gasteiger charge is 2.33. The Morgan fingerprint density at radius 3 is 2.43 bits per heavy atom. The van der Waals surface area contributed by atoms with E-state index in [1.807, 2.05) is 22.6 Å². The normalized spacial score (nSPS) is 17.0. The SMILES string of the molecule is O=C(c1cc(I)ccc1O)N1CCN(CC(F)(F)F)CC1. The average Bonchev–Trinajstić information content (AvgIpc) is 2.40. The molecule has 1 aromatic carbocycles. The van der Waals surface area contributed by atoms with Crippen LogP contribution >= 0.6 is 22.6 Å². The number of carbonyl (C=O) groups excluding carboxylic acids is 1. The van der Waals surface area contributed by atoms with Gasteiger partial charge in [0.15, 0.2) is 0 Å². The van der Waals surface area contributed by atoms with Crippen molar-refractivity contribution in [2.45, 2.75) is 6.18 Å². The molecular weight excluding hydrogens is 400 g/mol. The molecule has 1 heterocycles. The van der Waals surface area contributed by atoms with Gasteiger partial charge in [0, 0.05) is 29.7 Å². The lowest BCUT2D eigenvalue weighted by Crippen LogP contribution is -2.50. The number of halogens is 4. The van der Waals surface area contributed by atoms with Crippen LogP contribution in [0.1, 0.15) is 10.4 Å². The van der Waals surface area contributed by atoms with E-state index >= 15 is 0 Å². The van der Waals surface area contributed by atoms with Gasteiger partial charge in [0.1, 0.15) is 5.75 Å². The van der Waals surface area contributed by atoms with Crippen LogP contribution in [0.3, 0.4) is 0 Å². The average molecular weight is 414 g/mol. The lowest BCUT2D eigenvalue weighted by molar-refractivity contribution is -0.148. The molecule has 0 aromatic heterocycles. The van der Waals surface area contributed by atoms with Crippen molar-refractivity contribution in [3.8, 4) is 5.75 Å². The topological polar surface area (TPSA) is 43.8 Å². The third-order valence-corrected chi connectivity index (χ3v) is 3.92. The third-order valence-electron chi connectivity index (χ3n) is 3.25. The summed E-state index contributed by atoms with van der Waals surface area (Å²) in [5, 5.41) is 9.73. The maximum Gasteiger partial charge on any atom is 0.401 e. The minimum Gasteiger partial charge on any atom is -0.507 e. The molecule has 0 bridgehead atoms. The van der Waals surface area contributed by atoms with E-state index in [2.05, 4.69) is 0 Å². The molecule has 4 nitrogen and oxygen atoms in total. The Labute approximate surface area is 133 Å². The highest BCUT2D eigenvalue weighted by Crippen LogP contribution is 2.23. The number of nitrogens with zero attached hydrogens (tertiary/aromatic N) is 2. The third kappa shape index (κ3) is 4.47. The van der Waals surface area contributed by atoms with Crippen LogP contribution < -0.4 is 0 Å². The van der Waals surface area contributed by atoms with Gasteiger partial charge in [0.2, 0.25) is 0 Å². The minimum atomic E-state index is -4.22. The summed E-state index contributed by atoms with van der Waals surface area (Å²) in [7, 11) is 0. The molecule has 0 atom stereocenters. The second-order valence-corrected chi connectivity index (χ2v) is 6.09. The summed E-state index contributed by atoms with van der Waals surface area (Å²) in [5.41, 5.74) is 0.186. The smallest absolute Gasteiger partial charge is 0.401 e. The molecule has 0 aliphatic carbocycles. The summed E-state index contributed by atoms with van der Waals surface area (Å²) in [6.07, 6.45) is -4.22. The number of rotatable bonds is 2. The molecule has 1 aliphatic rings. The van der Waals surface area contributed by atoms with Gasteiger partial charge in [-0.2, -0.15) is 13.2 Å². The van der Waals surface area contributed by atoms with Gasteiger partial charge < -0.3 is 10.0 Å². The van der Waals surface area contributed by atoms with E-state index in [1.165, 1.54) is 15.9 Å². The van der Waals surface area contributed by atoms with E-state index < -0.39 is 12.7 Å². The molecule has 1 N–H and O–H groups in total. The molecule has 1 aromatic rings. The molecule has 1 saturated heterocycles. The number of alkyl halides is 3. The van der Waals surface area contributed by atoms with Crippen molar-refractivity contribution in [1.29, 1.82) is 0 Å². The Morgan fingerprint density at radius 1 is 1.24 bits per heavy atom. The molecule has 116 valence electrons. The highest BCUT2D eigenvalue weighted by atomic mass is 127. The summed E-state index contributed by atoms with van der Waals surface area (Å²) < 4.78 is 37.7. The zero-order valence-corrected chi connectivity index (χ0v) is 13.2. The number of hydrogen-bond donors (Lipinski definition) is 1. The first-order valence-corrected chi connectivity index (χ1v) is 7.41. The molecule has 1 fully saturated rings. The van der Waals surface area contributed by atoms with Crippen LogP contribution in [0.5, 0.6) is 5.75 Å². The van der Waals surface area contributed by atoms with Gasteiger partial charge in [-0.3, -0.25) is 9.69 Å². The van der Waals surface area contributed by atoms with E-state index in [0.717, 1.165) is 3.57 Å². The Bertz CT molecular complexity index is 529. The molecule has 1 amide bonds. The summed E-state index contributed by atoms with van der Waals surface area (Å²) in [6.45, 7) is -0.158. The van der Waals surface area contributed by atoms with Gasteiger partial charge in [-0.15, -0.1) is 0 Å². The number of amides is 1. The predicted molar refractivity (Wildman–Crippen MR) is 79.2 cm³/mol. The molecule has 2 rings (SSSR count). The Morgan fingerprint density at radius 2 is 1.86 bits per heavy atom. The number of phenols is 1. The number of aromatic hydroxyl groups is 1. The molecular formula is C13H14F3IN2O2. The maximum atomic E-state index is 12.3. The summed E-state index contributed by atoms with van der Waals surface area (Å²) >= 11 is 2.03. The number of hydrogen-bond acceptors (Lipinski definition) is 3. The van der Waals surface area contributed by atoms with Gasteiger partial charge in [0.25, 0.3) is 5.91 Å². The van der Waals surface area contributed by atoms with Gasteiger partial charge >= 0.3 is 6.18 Å². The van der Waals surface area contributed by atoms with E-state index in [-0.39, 0.29) is 43.4 Å². The van der Waals surface area contributed by atoms with Crippen LogP contribution in [0.15, 0.2) is 18.2 Å². The van der Waals surface area contributed by atoms with Crippen molar-refractivity contribution in [3.63, 3.8) is 0 Å². The van der Waals surface area contributed by atoms with Gasteiger partial charge in [0.05, 0.1) is 12.1 Å². The predicted octanol–water partition coefficient (Wildman–Crippen LogP) is 2.32. The summed E-state index contributed by atoms with van der Waals surface area (Å²) in [6, 6.07) is 4.68. The van der Waals surface area contributed by atoms with Crippen LogP contribution in [0.2, 0.25) is 0 Å². The molecule has 0 radical (unpaired) electrons. The Balaban J connectivity index is 1.99. The van der Waals surface area contributed by atoms with Crippen LogP contribution in [-0.2, 0) is 0 Å². The van der Waals surface area contributed by atoms with E-state index in [0.29, 0.717) is 0 Å². The highest BCUT2D eigenvalue weighted by molar-refractivity contribution is 14.1. The first kappa shape index (κ1) is 16.3. The lowest BCUT2D eigenvalue weighted by Gasteiger charge is -2.35. The van der Waals surface area contributed by atoms with Gasteiger partial charge in [-0.05, 0) is 40.8 Å². The number of phenolic OH excluding ortho intramolecular Hbond substituents is 1. The monoisotopic (exact) mass is 414 g/mol. The van der Waals surface area contributed by atoms with E-state index in [1.54, 1.807) is 12.1 Å². The van der Waals surface area contributed by atoms with Crippen molar-refractivity contribution < 1.29 is 23.1 Å². The maximum absolute atomic E-state index is 12.3. The molecule has 0 spiro atoms. The van der Waals surface area contributed by atoms with Crippen LogP contribution in [-0.4, -0.2) is 59.7 Å². The minimum absolute atomic E-state index is 0.113. The van der Waals surface area contributed by atoms with Gasteiger partial charge in [-0.25, -0.2) is 0 Å². The fourth-order valence-corrected chi connectivity index (χ4v) is 2.70. The van der Waals surface area contributed by atoms with Crippen LogP contribution in [0.25, 0.3) is 0 Å². The van der Waals surface area contributed by atoms with Crippen LogP contribution in [0.4, 0.5) is 13.2 Å². The van der Waals surface area contributed by atoms with Crippen molar-refractivity contribution in [2.75, 3.05) is 32.7 Å². The van der Waals surface area contributed by atoms with Crippen molar-refractivity contribution in [1.82, 2.24) is 9.80 Å². The zero-order chi connectivity index (χ0) is 15.6. The number of piperazine rings is 1. The second-order valence-electron chi connectivity index (χ2n) is 4.84. The molecule has 0 unspecified atom stereocenters. The summed E-state index contributed by atoms with van der Waals surface area (Å²) in [5.74, 6) is -0.462. The van der Waals surface area contributed by atoms with Crippen molar-refractivity contribution in [3.05, 3.63) is 27.3 Å². The Kier molecular flexibility index (Phi) is 4.97. The first-order valence-electron chi connectivity index (χ1n) is 6.33. The largest absolute Gasteiger partial charge is 0.507 e. The molecule has 21 heavy (non-hydrogen) atoms. The Hall–Kier alpha value is -1.03. The number of benzene rings is 1. The van der Waals surface area contributed by atoms with E-state index in [9.17, 15) is 23.1 Å². The lowest BCUT2D eigenvalue weighted by atomic mass is 10.1. The van der Waals surface area contributed by atoms with E-state index in [4.69, 9.17) is 0 Å². The first-order chi connectivity index (χ1) is 9.76. The molecule has 0 saturated carbocycles. The zero-order valence-electron chi connectivity index (χ0n) is 11.0. The standard InChI is InChI=1S/C13H14F3IN2O2/c14-13(15,16)8-18-3-5-19(6-4-18)12(21)10-7-9(17)1-2-11(10)20/h1-2,7,20H,3-6,8H2. The van der Waals surface area contributed by atoms with Crippen LogP contribution in [0, 0.1) is 3.57 Å². The fraction of sp³-hybridized carbons (Fsp3) is 0.462. The second kappa shape index (κ2) is 6.39. The quantitative estimate of drug-likeness (QED) is 0.756. The summed E-state index contributed by atoms with van der Waals surface area (Å²) in [4.78, 5) is 15.0. The van der Waals surface area contributed by atoms with Crippen molar-refractivity contribution in [2.24, 2.45) is 0 Å². The van der Waals surface area contributed by atoms with Gasteiger partial charge in [-0.1, -0.05) is 0 Å². The number of carbonyl (C=O) groups is 1. The molecule has 8 heteroatoms. The fourth-order valence-electron chi connectivity index (χ4n) is 2.21. The van der Waals surface area contributed by atoms with Crippen molar-refractivity contribution >= 4 is 28.5 Å².